The van der Waals surface area contributed by atoms with E-state index in [2.05, 4.69) is 10.6 Å². The van der Waals surface area contributed by atoms with Gasteiger partial charge in [0.05, 0.1) is 24.5 Å². The van der Waals surface area contributed by atoms with E-state index in [0.717, 1.165) is 69.8 Å². The van der Waals surface area contributed by atoms with E-state index in [1.165, 1.54) is 13.5 Å². The van der Waals surface area contributed by atoms with E-state index in [9.17, 15) is 28.8 Å². The fourth-order valence-corrected chi connectivity index (χ4v) is 12.8. The number of carbonyl (C=O) groups excluding carboxylic acids is 6. The lowest BCUT2D eigenvalue weighted by molar-refractivity contribution is -0.158. The maximum atomic E-state index is 14.5. The van der Waals surface area contributed by atoms with E-state index in [1.54, 1.807) is 39.4 Å². The summed E-state index contributed by atoms with van der Waals surface area (Å²) >= 11 is 9.72. The Kier molecular flexibility index (Phi) is 17.8. The third-order valence-electron chi connectivity index (χ3n) is 13.1. The molecule has 4 aliphatic heterocycles. The molecule has 4 saturated heterocycles. The average Bonchev–Trinajstić information content (AvgIpc) is 3.51. The number of unbranched alkanes of at least 4 members (excludes halogenated alkanes) is 1. The first-order chi connectivity index (χ1) is 29.1. The van der Waals surface area contributed by atoms with Gasteiger partial charge >= 0.3 is 11.9 Å². The Morgan fingerprint density at radius 3 is 1.93 bits per heavy atom. The second-order valence-electron chi connectivity index (χ2n) is 17.3. The Balaban J connectivity index is 1.19. The van der Waals surface area contributed by atoms with Gasteiger partial charge in [0, 0.05) is 16.9 Å². The summed E-state index contributed by atoms with van der Waals surface area (Å²) in [5, 5.41) is 6.55. The summed E-state index contributed by atoms with van der Waals surface area (Å²) in [4.78, 5) is 86.9. The molecule has 12 nitrogen and oxygen atoms in total. The first kappa shape index (κ1) is 46.5. The molecule has 1 aromatic rings. The number of benzene rings is 1. The van der Waals surface area contributed by atoms with E-state index in [4.69, 9.17) is 21.1 Å². The molecule has 60 heavy (non-hydrogen) atoms. The number of hydrogen-bond acceptors (Lipinski definition) is 10. The van der Waals surface area contributed by atoms with Crippen LogP contribution in [-0.4, -0.2) is 106 Å². The number of ether oxygens (including phenoxy) is 2. The zero-order valence-corrected chi connectivity index (χ0v) is 37.8. The first-order valence-corrected chi connectivity index (χ1v) is 25.0. The zero-order chi connectivity index (χ0) is 42.6. The fourth-order valence-electron chi connectivity index (χ4n) is 9.82. The Labute approximate surface area is 369 Å². The molecule has 1 saturated carbocycles. The number of amides is 4. The number of halogens is 1. The summed E-state index contributed by atoms with van der Waals surface area (Å²) in [5.41, 5.74) is 0.876. The van der Waals surface area contributed by atoms with Gasteiger partial charge in [-0.2, -0.15) is 0 Å². The number of fused-ring (bicyclic) bond motifs is 2. The molecule has 0 radical (unpaired) electrons. The SMILES string of the molecule is CCCCOC(=O)C1CCCC2SCCC(NC(=O)C(CCC(Cc3cccc(Cl)c3)C(=O)NC3CCSC4CCCC(C(=O)OC)N4C3=O)CC3CCCCC3)C(=O)N21. The highest BCUT2D eigenvalue weighted by molar-refractivity contribution is 8.00. The number of nitrogens with zero attached hydrogens (tertiary/aromatic N) is 2. The van der Waals surface area contributed by atoms with Crippen LogP contribution in [0.2, 0.25) is 5.02 Å². The molecule has 0 aromatic heterocycles. The van der Waals surface area contributed by atoms with Gasteiger partial charge in [-0.05, 0) is 119 Å². The minimum atomic E-state index is -0.797. The Morgan fingerprint density at radius 2 is 1.35 bits per heavy atom. The van der Waals surface area contributed by atoms with Crippen LogP contribution >= 0.6 is 35.1 Å². The van der Waals surface area contributed by atoms with Gasteiger partial charge < -0.3 is 29.9 Å². The summed E-state index contributed by atoms with van der Waals surface area (Å²) in [6.45, 7) is 2.37. The number of carbonyl (C=O) groups is 6. The van der Waals surface area contributed by atoms with Crippen molar-refractivity contribution < 1.29 is 38.2 Å². The molecular formula is C45H65ClN4O8S2. The molecule has 8 atom stereocenters. The molecule has 1 aliphatic carbocycles. The highest BCUT2D eigenvalue weighted by atomic mass is 35.5. The molecule has 0 bridgehead atoms. The van der Waals surface area contributed by atoms with E-state index in [1.807, 2.05) is 25.1 Å². The van der Waals surface area contributed by atoms with E-state index < -0.39 is 42.0 Å². The standard InChI is InChI=1S/C45H65ClN4O8S2/c1-3-4-23-58-45(56)37-16-10-18-39-50(37)43(54)35(22-25-60-39)47-40(51)31(26-29-11-6-5-7-12-29)19-20-32(27-30-13-8-14-33(46)28-30)41(52)48-34-21-24-59-38-17-9-15-36(44(55)57-2)49(38)42(34)53/h8,13-14,28-29,31-32,34-39H,3-7,9-12,15-27H2,1-2H3,(H,47,51)(H,48,52). The molecule has 15 heteroatoms. The highest BCUT2D eigenvalue weighted by Crippen LogP contribution is 2.37. The van der Waals surface area contributed by atoms with Gasteiger partial charge in [0.1, 0.15) is 24.2 Å². The van der Waals surface area contributed by atoms with Crippen LogP contribution in [0.25, 0.3) is 0 Å². The molecule has 2 N–H and O–H groups in total. The number of rotatable bonds is 16. The predicted molar refractivity (Wildman–Crippen MR) is 235 cm³/mol. The van der Waals surface area contributed by atoms with Crippen LogP contribution in [0.1, 0.15) is 128 Å². The quantitative estimate of drug-likeness (QED) is 0.131. The number of piperidine rings is 2. The van der Waals surface area contributed by atoms with Crippen LogP contribution in [0.15, 0.2) is 24.3 Å². The van der Waals surface area contributed by atoms with Crippen molar-refractivity contribution in [2.45, 2.75) is 164 Å². The summed E-state index contributed by atoms with van der Waals surface area (Å²) in [6.07, 6.45) is 14.2. The Bertz CT molecular complexity index is 1660. The van der Waals surface area contributed by atoms with Gasteiger partial charge in [0.25, 0.3) is 0 Å². The van der Waals surface area contributed by atoms with Gasteiger partial charge in [-0.15, -0.1) is 23.5 Å². The number of methoxy groups -OCH3 is 1. The Morgan fingerprint density at radius 1 is 0.767 bits per heavy atom. The summed E-state index contributed by atoms with van der Waals surface area (Å²) < 4.78 is 10.7. The van der Waals surface area contributed by atoms with Crippen LogP contribution < -0.4 is 10.6 Å². The Hall–Kier alpha value is -2.97. The maximum absolute atomic E-state index is 14.5. The fraction of sp³-hybridized carbons (Fsp3) is 0.733. The van der Waals surface area contributed by atoms with Crippen molar-refractivity contribution in [2.24, 2.45) is 17.8 Å². The highest BCUT2D eigenvalue weighted by Gasteiger charge is 2.46. The lowest BCUT2D eigenvalue weighted by Crippen LogP contribution is -2.58. The number of hydrogen-bond donors (Lipinski definition) is 2. The minimum Gasteiger partial charge on any atom is -0.467 e. The second kappa shape index (κ2) is 22.9. The van der Waals surface area contributed by atoms with Crippen LogP contribution in [0.3, 0.4) is 0 Å². The van der Waals surface area contributed by atoms with Crippen molar-refractivity contribution in [3.05, 3.63) is 34.9 Å². The van der Waals surface area contributed by atoms with Crippen molar-refractivity contribution in [3.63, 3.8) is 0 Å². The molecule has 332 valence electrons. The smallest absolute Gasteiger partial charge is 0.328 e. The summed E-state index contributed by atoms with van der Waals surface area (Å²) in [7, 11) is 1.34. The number of thioether (sulfide) groups is 2. The minimum absolute atomic E-state index is 0.133. The first-order valence-electron chi connectivity index (χ1n) is 22.5. The van der Waals surface area contributed by atoms with E-state index in [-0.39, 0.29) is 40.3 Å². The van der Waals surface area contributed by atoms with Crippen molar-refractivity contribution in [2.75, 3.05) is 25.2 Å². The summed E-state index contributed by atoms with van der Waals surface area (Å²) in [5.74, 6) is -1.06. The van der Waals surface area contributed by atoms with Gasteiger partial charge in [0.15, 0.2) is 0 Å². The van der Waals surface area contributed by atoms with E-state index in [0.29, 0.717) is 80.4 Å². The summed E-state index contributed by atoms with van der Waals surface area (Å²) in [6, 6.07) is 4.52. The molecule has 8 unspecified atom stereocenters. The third-order valence-corrected chi connectivity index (χ3v) is 16.0. The lowest BCUT2D eigenvalue weighted by Gasteiger charge is -2.40. The van der Waals surface area contributed by atoms with E-state index >= 15 is 0 Å². The molecule has 0 spiro atoms. The topological polar surface area (TPSA) is 151 Å². The average molecular weight is 890 g/mol. The third kappa shape index (κ3) is 12.1. The van der Waals surface area contributed by atoms with Crippen molar-refractivity contribution in [1.82, 2.24) is 20.4 Å². The van der Waals surface area contributed by atoms with Crippen molar-refractivity contribution >= 4 is 70.7 Å². The second-order valence-corrected chi connectivity index (χ2v) is 20.3. The van der Waals surface area contributed by atoms with Crippen molar-refractivity contribution in [3.8, 4) is 0 Å². The predicted octanol–water partition coefficient (Wildman–Crippen LogP) is 7.04. The monoisotopic (exact) mass is 888 g/mol. The molecule has 4 heterocycles. The molecular weight excluding hydrogens is 824 g/mol. The largest absolute Gasteiger partial charge is 0.467 e. The van der Waals surface area contributed by atoms with Crippen LogP contribution in [-0.2, 0) is 44.7 Å². The number of esters is 2. The molecule has 4 amide bonds. The van der Waals surface area contributed by atoms with Gasteiger partial charge in [-0.1, -0.05) is 69.2 Å². The number of nitrogens with one attached hydrogen (secondary N) is 2. The maximum Gasteiger partial charge on any atom is 0.328 e. The molecule has 5 aliphatic rings. The van der Waals surface area contributed by atoms with Crippen LogP contribution in [0, 0.1) is 17.8 Å². The zero-order valence-electron chi connectivity index (χ0n) is 35.4. The lowest BCUT2D eigenvalue weighted by atomic mass is 9.79. The molecule has 5 fully saturated rings. The van der Waals surface area contributed by atoms with Gasteiger partial charge in [-0.25, -0.2) is 9.59 Å². The molecule has 1 aromatic carbocycles. The molecule has 6 rings (SSSR count). The van der Waals surface area contributed by atoms with Crippen molar-refractivity contribution in [1.29, 1.82) is 0 Å². The van der Waals surface area contributed by atoms with Gasteiger partial charge in [0.2, 0.25) is 23.6 Å². The van der Waals surface area contributed by atoms with Crippen LogP contribution in [0.5, 0.6) is 0 Å². The van der Waals surface area contributed by atoms with Gasteiger partial charge in [-0.3, -0.25) is 19.2 Å². The normalized spacial score (nSPS) is 27.3. The van der Waals surface area contributed by atoms with Crippen LogP contribution in [0.4, 0.5) is 0 Å².